The van der Waals surface area contributed by atoms with Crippen LogP contribution in [0.25, 0.3) is 0 Å². The molecule has 0 radical (unpaired) electrons. The Morgan fingerprint density at radius 3 is 2.52 bits per heavy atom. The van der Waals surface area contributed by atoms with Gasteiger partial charge in [0.2, 0.25) is 29.5 Å². The Kier molecular flexibility index (Phi) is 7.22. The van der Waals surface area contributed by atoms with Crippen molar-refractivity contribution in [3.63, 3.8) is 0 Å². The monoisotopic (exact) mass is 429 g/mol. The Hall–Kier alpha value is -3.43. The van der Waals surface area contributed by atoms with E-state index in [4.69, 9.17) is 5.73 Å². The quantitative estimate of drug-likeness (QED) is 0.415. The van der Waals surface area contributed by atoms with Crippen molar-refractivity contribution in [1.82, 2.24) is 20.9 Å². The predicted molar refractivity (Wildman–Crippen MR) is 110 cm³/mol. The lowest BCUT2D eigenvalue weighted by Crippen LogP contribution is -2.56. The van der Waals surface area contributed by atoms with Crippen LogP contribution in [-0.2, 0) is 30.5 Å². The Bertz CT molecular complexity index is 859. The van der Waals surface area contributed by atoms with E-state index in [-0.39, 0.29) is 24.7 Å². The Labute approximate surface area is 179 Å². The highest BCUT2D eigenvalue weighted by atomic mass is 16.2. The average Bonchev–Trinajstić information content (AvgIpc) is 3.40. The predicted octanol–water partition coefficient (Wildman–Crippen LogP) is -1.07. The summed E-state index contributed by atoms with van der Waals surface area (Å²) in [5.41, 5.74) is 6.21. The van der Waals surface area contributed by atoms with Crippen molar-refractivity contribution in [2.24, 2.45) is 5.73 Å². The van der Waals surface area contributed by atoms with Gasteiger partial charge in [0.15, 0.2) is 0 Å². The number of nitrogens with one attached hydrogen (secondary N) is 3. The second kappa shape index (κ2) is 10.1. The third-order valence-corrected chi connectivity index (χ3v) is 5.48. The Balaban J connectivity index is 1.64. The summed E-state index contributed by atoms with van der Waals surface area (Å²) < 4.78 is 0. The number of hydrogen-bond donors (Lipinski definition) is 4. The zero-order valence-corrected chi connectivity index (χ0v) is 17.1. The molecule has 0 spiro atoms. The van der Waals surface area contributed by atoms with Crippen LogP contribution in [0, 0.1) is 0 Å². The number of benzene rings is 1. The molecule has 0 aromatic heterocycles. The number of nitrogens with zero attached hydrogens (tertiary/aromatic N) is 1. The van der Waals surface area contributed by atoms with Gasteiger partial charge >= 0.3 is 0 Å². The normalized spacial score (nSPS) is 21.3. The van der Waals surface area contributed by atoms with Crippen LogP contribution in [0.2, 0.25) is 0 Å². The molecule has 2 aliphatic heterocycles. The highest BCUT2D eigenvalue weighted by molar-refractivity contribution is 5.97. The minimum absolute atomic E-state index is 0.225. The van der Waals surface area contributed by atoms with Gasteiger partial charge in [0.25, 0.3) is 0 Å². The molecule has 0 bridgehead atoms. The summed E-state index contributed by atoms with van der Waals surface area (Å²) in [6.07, 6.45) is 1.27. The van der Waals surface area contributed by atoms with E-state index in [0.717, 1.165) is 5.56 Å². The summed E-state index contributed by atoms with van der Waals surface area (Å²) in [6.45, 7) is 0.675. The first-order chi connectivity index (χ1) is 14.8. The average molecular weight is 429 g/mol. The molecular weight excluding hydrogens is 402 g/mol. The van der Waals surface area contributed by atoms with Crippen LogP contribution in [0.4, 0.5) is 0 Å². The summed E-state index contributed by atoms with van der Waals surface area (Å²) in [7, 11) is 0. The lowest BCUT2D eigenvalue weighted by atomic mass is 10.1. The van der Waals surface area contributed by atoms with Crippen molar-refractivity contribution in [3.05, 3.63) is 35.9 Å². The van der Waals surface area contributed by atoms with E-state index in [9.17, 15) is 24.0 Å². The molecule has 2 saturated heterocycles. The highest BCUT2D eigenvalue weighted by Crippen LogP contribution is 2.20. The summed E-state index contributed by atoms with van der Waals surface area (Å²) in [5, 5.41) is 7.89. The molecule has 1 aromatic rings. The van der Waals surface area contributed by atoms with E-state index >= 15 is 0 Å². The molecule has 2 heterocycles. The van der Waals surface area contributed by atoms with E-state index in [1.165, 1.54) is 4.90 Å². The highest BCUT2D eigenvalue weighted by Gasteiger charge is 2.39. The van der Waals surface area contributed by atoms with E-state index < -0.39 is 35.8 Å². The molecule has 5 amide bonds. The molecule has 166 valence electrons. The van der Waals surface area contributed by atoms with Gasteiger partial charge in [0.05, 0.1) is 6.42 Å². The van der Waals surface area contributed by atoms with Gasteiger partial charge in [0.1, 0.15) is 18.1 Å². The van der Waals surface area contributed by atoms with Crippen LogP contribution in [0.3, 0.4) is 0 Å². The number of carbonyl (C=O) groups excluding carboxylic acids is 5. The fourth-order valence-corrected chi connectivity index (χ4v) is 3.89. The number of primary amides is 1. The molecule has 10 nitrogen and oxygen atoms in total. The van der Waals surface area contributed by atoms with Crippen molar-refractivity contribution >= 4 is 29.5 Å². The number of rotatable bonds is 8. The summed E-state index contributed by atoms with van der Waals surface area (Å²) in [6, 6.07) is 6.77. The lowest BCUT2D eigenvalue weighted by molar-refractivity contribution is -0.142. The largest absolute Gasteiger partial charge is 0.370 e. The van der Waals surface area contributed by atoms with E-state index in [1.54, 1.807) is 0 Å². The maximum absolute atomic E-state index is 13.1. The first-order valence-corrected chi connectivity index (χ1v) is 10.4. The molecule has 31 heavy (non-hydrogen) atoms. The fraction of sp³-hybridized carbons (Fsp3) is 0.476. The minimum Gasteiger partial charge on any atom is -0.370 e. The molecule has 2 fully saturated rings. The van der Waals surface area contributed by atoms with Gasteiger partial charge in [-0.1, -0.05) is 30.3 Å². The number of nitrogens with two attached hydrogens (primary N) is 1. The second-order valence-electron chi connectivity index (χ2n) is 7.78. The van der Waals surface area contributed by atoms with Crippen LogP contribution in [0.1, 0.15) is 37.7 Å². The molecule has 2 aliphatic rings. The fourth-order valence-electron chi connectivity index (χ4n) is 3.89. The minimum atomic E-state index is -1.19. The summed E-state index contributed by atoms with van der Waals surface area (Å²) >= 11 is 0. The summed E-state index contributed by atoms with van der Waals surface area (Å²) in [5.74, 6) is -2.36. The Morgan fingerprint density at radius 1 is 1.13 bits per heavy atom. The first-order valence-electron chi connectivity index (χ1n) is 10.4. The molecule has 5 N–H and O–H groups in total. The van der Waals surface area contributed by atoms with Crippen molar-refractivity contribution in [1.29, 1.82) is 0 Å². The molecular formula is C21H27N5O5. The molecule has 3 atom stereocenters. The van der Waals surface area contributed by atoms with Crippen LogP contribution < -0.4 is 21.7 Å². The van der Waals surface area contributed by atoms with Crippen LogP contribution in [0.15, 0.2) is 30.3 Å². The van der Waals surface area contributed by atoms with Gasteiger partial charge in [-0.2, -0.15) is 0 Å². The van der Waals surface area contributed by atoms with Crippen molar-refractivity contribution in [2.45, 2.75) is 56.8 Å². The number of likely N-dealkylation sites (tertiary alicyclic amines) is 1. The standard InChI is InChI=1S/C21H27N5O5/c22-17(27)11-15(25-19(29)14-8-9-18(28)24-14)21(31)26-10-4-7-16(26)20(30)23-12-13-5-2-1-3-6-13/h1-3,5-6,14-16H,4,7-12H2,(H2,22,27)(H,23,30)(H,24,28)(H,25,29). The smallest absolute Gasteiger partial charge is 0.246 e. The van der Waals surface area contributed by atoms with Gasteiger partial charge < -0.3 is 26.6 Å². The van der Waals surface area contributed by atoms with Crippen LogP contribution in [0.5, 0.6) is 0 Å². The molecule has 10 heteroatoms. The molecule has 1 aromatic carbocycles. The van der Waals surface area contributed by atoms with Crippen molar-refractivity contribution < 1.29 is 24.0 Å². The number of amides is 5. The molecule has 0 aliphatic carbocycles. The third kappa shape index (κ3) is 5.80. The molecule has 3 rings (SSSR count). The van der Waals surface area contributed by atoms with Gasteiger partial charge in [-0.15, -0.1) is 0 Å². The maximum atomic E-state index is 13.1. The molecule has 3 unspecified atom stereocenters. The second-order valence-corrected chi connectivity index (χ2v) is 7.78. The Morgan fingerprint density at radius 2 is 1.87 bits per heavy atom. The zero-order valence-electron chi connectivity index (χ0n) is 17.1. The number of carbonyl (C=O) groups is 5. The van der Waals surface area contributed by atoms with Crippen molar-refractivity contribution in [2.75, 3.05) is 6.54 Å². The van der Waals surface area contributed by atoms with Crippen molar-refractivity contribution in [3.8, 4) is 0 Å². The van der Waals surface area contributed by atoms with Crippen LogP contribution >= 0.6 is 0 Å². The van der Waals surface area contributed by atoms with Gasteiger partial charge in [-0.25, -0.2) is 0 Å². The zero-order chi connectivity index (χ0) is 22.4. The van der Waals surface area contributed by atoms with E-state index in [1.807, 2.05) is 30.3 Å². The first kappa shape index (κ1) is 22.3. The number of hydrogen-bond acceptors (Lipinski definition) is 5. The maximum Gasteiger partial charge on any atom is 0.246 e. The lowest BCUT2D eigenvalue weighted by Gasteiger charge is -2.29. The van der Waals surface area contributed by atoms with E-state index in [0.29, 0.717) is 32.4 Å². The third-order valence-electron chi connectivity index (χ3n) is 5.48. The van der Waals surface area contributed by atoms with Gasteiger partial charge in [-0.05, 0) is 24.8 Å². The topological polar surface area (TPSA) is 151 Å². The molecule has 0 saturated carbocycles. The van der Waals surface area contributed by atoms with E-state index in [2.05, 4.69) is 16.0 Å². The van der Waals surface area contributed by atoms with Gasteiger partial charge in [-0.3, -0.25) is 24.0 Å². The van der Waals surface area contributed by atoms with Gasteiger partial charge in [0, 0.05) is 19.5 Å². The van der Waals surface area contributed by atoms with Crippen LogP contribution in [-0.4, -0.2) is 59.1 Å². The summed E-state index contributed by atoms with van der Waals surface area (Å²) in [4.78, 5) is 62.5. The SMILES string of the molecule is NC(=O)CC(NC(=O)C1CCC(=O)N1)C(=O)N1CCCC1C(=O)NCc1ccccc1.